The summed E-state index contributed by atoms with van der Waals surface area (Å²) in [6, 6.07) is 7.79. The third kappa shape index (κ3) is 6.48. The zero-order valence-electron chi connectivity index (χ0n) is 16.8. The molecule has 1 fully saturated rings. The van der Waals surface area contributed by atoms with Gasteiger partial charge in [-0.25, -0.2) is 0 Å². The van der Waals surface area contributed by atoms with E-state index in [0.29, 0.717) is 5.96 Å². The minimum atomic E-state index is -4.48. The van der Waals surface area contributed by atoms with E-state index in [2.05, 4.69) is 25.2 Å². The molecule has 11 heteroatoms. The standard InChI is InChI=1S/C19H24ClF3N6.HI/c1-24-18(25-11-15-13-27(2)26-17(15)19(21,22)23)29-9-7-28(8-10-29)12-14-3-5-16(20)6-4-14;/h3-6,13H,7-12H2,1-2H3,(H,24,25);1H. The van der Waals surface area contributed by atoms with Gasteiger partial charge in [-0.3, -0.25) is 14.6 Å². The van der Waals surface area contributed by atoms with Gasteiger partial charge in [0, 0.05) is 70.1 Å². The lowest BCUT2D eigenvalue weighted by molar-refractivity contribution is -0.142. The fourth-order valence-corrected chi connectivity index (χ4v) is 3.50. The van der Waals surface area contributed by atoms with Crippen molar-refractivity contribution in [3.05, 3.63) is 52.3 Å². The molecule has 1 aliphatic rings. The molecule has 0 aliphatic carbocycles. The number of alkyl halides is 3. The summed E-state index contributed by atoms with van der Waals surface area (Å²) in [4.78, 5) is 8.62. The second-order valence-corrected chi connectivity index (χ2v) is 7.40. The van der Waals surface area contributed by atoms with Crippen LogP contribution in [-0.4, -0.2) is 58.8 Å². The Morgan fingerprint density at radius 2 is 1.80 bits per heavy atom. The van der Waals surface area contributed by atoms with Gasteiger partial charge in [-0.2, -0.15) is 18.3 Å². The number of nitrogens with one attached hydrogen (secondary N) is 1. The number of rotatable bonds is 4. The Labute approximate surface area is 196 Å². The van der Waals surface area contributed by atoms with Gasteiger partial charge in [0.25, 0.3) is 0 Å². The van der Waals surface area contributed by atoms with Gasteiger partial charge in [0.2, 0.25) is 0 Å². The van der Waals surface area contributed by atoms with Gasteiger partial charge in [0.1, 0.15) is 0 Å². The van der Waals surface area contributed by atoms with Crippen LogP contribution in [0.4, 0.5) is 13.2 Å². The first-order chi connectivity index (χ1) is 13.8. The van der Waals surface area contributed by atoms with Crippen molar-refractivity contribution in [1.82, 2.24) is 24.9 Å². The fourth-order valence-electron chi connectivity index (χ4n) is 3.38. The molecule has 1 aromatic heterocycles. The Bertz CT molecular complexity index is 845. The van der Waals surface area contributed by atoms with E-state index < -0.39 is 11.9 Å². The average Bonchev–Trinajstić information content (AvgIpc) is 3.06. The monoisotopic (exact) mass is 556 g/mol. The highest BCUT2D eigenvalue weighted by molar-refractivity contribution is 14.0. The van der Waals surface area contributed by atoms with Crippen LogP contribution >= 0.6 is 35.6 Å². The lowest BCUT2D eigenvalue weighted by atomic mass is 10.2. The molecule has 2 heterocycles. The van der Waals surface area contributed by atoms with Crippen molar-refractivity contribution in [1.29, 1.82) is 0 Å². The predicted molar refractivity (Wildman–Crippen MR) is 122 cm³/mol. The zero-order chi connectivity index (χ0) is 21.0. The number of aliphatic imine (C=N–C) groups is 1. The molecule has 0 saturated carbocycles. The number of nitrogens with zero attached hydrogens (tertiary/aromatic N) is 5. The first-order valence-electron chi connectivity index (χ1n) is 9.28. The van der Waals surface area contributed by atoms with Gasteiger partial charge < -0.3 is 10.2 Å². The maximum atomic E-state index is 13.1. The quantitative estimate of drug-likeness (QED) is 0.355. The lowest BCUT2D eigenvalue weighted by Gasteiger charge is -2.36. The molecule has 3 rings (SSSR count). The SMILES string of the molecule is CN=C(NCc1cn(C)nc1C(F)(F)F)N1CCN(Cc2ccc(Cl)cc2)CC1.I. The largest absolute Gasteiger partial charge is 0.435 e. The predicted octanol–water partition coefficient (Wildman–Crippen LogP) is 3.60. The maximum absolute atomic E-state index is 13.1. The van der Waals surface area contributed by atoms with Crippen molar-refractivity contribution >= 4 is 41.5 Å². The van der Waals surface area contributed by atoms with Crippen molar-refractivity contribution in [3.8, 4) is 0 Å². The van der Waals surface area contributed by atoms with Gasteiger partial charge in [-0.15, -0.1) is 24.0 Å². The third-order valence-electron chi connectivity index (χ3n) is 4.81. The highest BCUT2D eigenvalue weighted by Crippen LogP contribution is 2.30. The van der Waals surface area contributed by atoms with E-state index in [-0.39, 0.29) is 36.1 Å². The van der Waals surface area contributed by atoms with Crippen LogP contribution in [0.2, 0.25) is 5.02 Å². The van der Waals surface area contributed by atoms with Crippen LogP contribution in [0, 0.1) is 0 Å². The summed E-state index contributed by atoms with van der Waals surface area (Å²) in [5, 5.41) is 7.30. The number of hydrogen-bond donors (Lipinski definition) is 1. The molecule has 2 aromatic rings. The van der Waals surface area contributed by atoms with Crippen molar-refractivity contribution in [2.45, 2.75) is 19.3 Å². The van der Waals surface area contributed by atoms with E-state index in [1.807, 2.05) is 24.3 Å². The first kappa shape index (κ1) is 24.7. The summed E-state index contributed by atoms with van der Waals surface area (Å²) in [5.41, 5.74) is 0.430. The smallest absolute Gasteiger partial charge is 0.352 e. The fraction of sp³-hybridized carbons (Fsp3) is 0.474. The summed E-state index contributed by atoms with van der Waals surface area (Å²) in [6.45, 7) is 4.01. The number of guanidine groups is 1. The number of benzene rings is 1. The van der Waals surface area contributed by atoms with Gasteiger partial charge in [-0.05, 0) is 17.7 Å². The molecular formula is C19H25ClF3IN6. The molecule has 166 valence electrons. The minimum Gasteiger partial charge on any atom is -0.352 e. The van der Waals surface area contributed by atoms with Gasteiger partial charge >= 0.3 is 6.18 Å². The minimum absolute atomic E-state index is 0. The summed E-state index contributed by atoms with van der Waals surface area (Å²) >= 11 is 5.93. The lowest BCUT2D eigenvalue weighted by Crippen LogP contribution is -2.52. The average molecular weight is 557 g/mol. The van der Waals surface area contributed by atoms with Crippen LogP contribution in [0.5, 0.6) is 0 Å². The molecule has 0 radical (unpaired) electrons. The number of piperazine rings is 1. The molecule has 0 unspecified atom stereocenters. The van der Waals surface area contributed by atoms with Crippen LogP contribution in [0.15, 0.2) is 35.5 Å². The molecule has 1 aromatic carbocycles. The van der Waals surface area contributed by atoms with E-state index in [0.717, 1.165) is 37.7 Å². The second kappa shape index (κ2) is 10.7. The highest BCUT2D eigenvalue weighted by atomic mass is 127. The summed E-state index contributed by atoms with van der Waals surface area (Å²) < 4.78 is 40.5. The van der Waals surface area contributed by atoms with Gasteiger partial charge in [0.15, 0.2) is 11.7 Å². The van der Waals surface area contributed by atoms with E-state index >= 15 is 0 Å². The molecule has 6 nitrogen and oxygen atoms in total. The van der Waals surface area contributed by atoms with Crippen LogP contribution < -0.4 is 5.32 Å². The van der Waals surface area contributed by atoms with Crippen molar-refractivity contribution in [3.63, 3.8) is 0 Å². The van der Waals surface area contributed by atoms with Crippen LogP contribution in [0.1, 0.15) is 16.8 Å². The molecule has 1 aliphatic heterocycles. The van der Waals surface area contributed by atoms with Gasteiger partial charge in [-0.1, -0.05) is 23.7 Å². The number of halogens is 5. The first-order valence-corrected chi connectivity index (χ1v) is 9.66. The van der Waals surface area contributed by atoms with E-state index in [4.69, 9.17) is 11.6 Å². The highest BCUT2D eigenvalue weighted by Gasteiger charge is 2.36. The molecule has 0 amide bonds. The van der Waals surface area contributed by atoms with Crippen molar-refractivity contribution in [2.75, 3.05) is 33.2 Å². The Morgan fingerprint density at radius 3 is 2.37 bits per heavy atom. The summed E-state index contributed by atoms with van der Waals surface area (Å²) in [5.74, 6) is 0.591. The molecular weight excluding hydrogens is 532 g/mol. The van der Waals surface area contributed by atoms with Crippen molar-refractivity contribution in [2.24, 2.45) is 12.0 Å². The van der Waals surface area contributed by atoms with E-state index in [9.17, 15) is 13.2 Å². The molecule has 0 spiro atoms. The molecule has 0 bridgehead atoms. The topological polar surface area (TPSA) is 48.7 Å². The summed E-state index contributed by atoms with van der Waals surface area (Å²) in [6.07, 6.45) is -3.09. The normalized spacial score (nSPS) is 15.8. The maximum Gasteiger partial charge on any atom is 0.435 e. The Kier molecular flexibility index (Phi) is 8.80. The third-order valence-corrected chi connectivity index (χ3v) is 5.07. The van der Waals surface area contributed by atoms with Gasteiger partial charge in [0.05, 0.1) is 0 Å². The number of aromatic nitrogens is 2. The van der Waals surface area contributed by atoms with E-state index in [1.165, 1.54) is 23.5 Å². The Balaban J connectivity index is 0.00000320. The van der Waals surface area contributed by atoms with Crippen molar-refractivity contribution < 1.29 is 13.2 Å². The second-order valence-electron chi connectivity index (χ2n) is 6.96. The molecule has 0 atom stereocenters. The van der Waals surface area contributed by atoms with E-state index in [1.54, 1.807) is 7.05 Å². The number of hydrogen-bond acceptors (Lipinski definition) is 3. The zero-order valence-corrected chi connectivity index (χ0v) is 19.9. The summed E-state index contributed by atoms with van der Waals surface area (Å²) in [7, 11) is 3.11. The van der Waals surface area contributed by atoms with Crippen LogP contribution in [-0.2, 0) is 26.3 Å². The van der Waals surface area contributed by atoms with Crippen LogP contribution in [0.3, 0.4) is 0 Å². The number of aryl methyl sites for hydroxylation is 1. The Hall–Kier alpha value is -1.53. The van der Waals surface area contributed by atoms with Crippen LogP contribution in [0.25, 0.3) is 0 Å². The molecule has 1 saturated heterocycles. The molecule has 30 heavy (non-hydrogen) atoms. The Morgan fingerprint density at radius 1 is 1.17 bits per heavy atom. The molecule has 1 N–H and O–H groups in total.